The maximum Gasteiger partial charge on any atom is 0.275 e. The van der Waals surface area contributed by atoms with E-state index >= 15 is 0 Å². The lowest BCUT2D eigenvalue weighted by molar-refractivity contribution is 0.101. The molecule has 3 rings (SSSR count). The van der Waals surface area contributed by atoms with Crippen molar-refractivity contribution in [1.82, 2.24) is 14.8 Å². The summed E-state index contributed by atoms with van der Waals surface area (Å²) in [6.07, 6.45) is 3.34. The summed E-state index contributed by atoms with van der Waals surface area (Å²) in [7, 11) is 0. The Bertz CT molecular complexity index is 807. The molecule has 0 aliphatic heterocycles. The number of fused-ring (bicyclic) bond motifs is 1. The number of benzene rings is 1. The number of rotatable bonds is 3. The zero-order valence-electron chi connectivity index (χ0n) is 11.4. The average molecular weight is 345 g/mol. The van der Waals surface area contributed by atoms with Gasteiger partial charge in [0.1, 0.15) is 5.69 Å². The van der Waals surface area contributed by atoms with Crippen molar-refractivity contribution in [3.63, 3.8) is 0 Å². The van der Waals surface area contributed by atoms with Crippen molar-refractivity contribution in [3.05, 3.63) is 52.9 Å². The van der Waals surface area contributed by atoms with Gasteiger partial charge >= 0.3 is 0 Å². The second-order valence-corrected chi connectivity index (χ2v) is 5.35. The molecule has 106 valence electrons. The molecular formula is C15H13BrN4O. The summed E-state index contributed by atoms with van der Waals surface area (Å²) in [6, 6.07) is 9.53. The largest absolute Gasteiger partial charge is 0.319 e. The number of aryl methyl sites for hydroxylation is 1. The molecule has 2 heterocycles. The Morgan fingerprint density at radius 2 is 2.14 bits per heavy atom. The van der Waals surface area contributed by atoms with Crippen LogP contribution in [0.1, 0.15) is 17.4 Å². The van der Waals surface area contributed by atoms with Gasteiger partial charge in [0.2, 0.25) is 0 Å². The Morgan fingerprint density at radius 1 is 1.33 bits per heavy atom. The molecule has 1 N–H and O–H groups in total. The molecule has 0 spiro atoms. The number of hydrogen-bond donors (Lipinski definition) is 1. The van der Waals surface area contributed by atoms with Crippen LogP contribution < -0.4 is 5.32 Å². The van der Waals surface area contributed by atoms with Crippen LogP contribution in [0.3, 0.4) is 0 Å². The number of para-hydroxylation sites is 1. The predicted molar refractivity (Wildman–Crippen MR) is 85.3 cm³/mol. The number of hydrogen-bond acceptors (Lipinski definition) is 3. The summed E-state index contributed by atoms with van der Waals surface area (Å²) in [5, 5.41) is 8.05. The molecule has 0 atom stereocenters. The SMILES string of the molecule is CCn1ncc(Br)c1C(=O)Nc1cccc2cccnc12. The molecular weight excluding hydrogens is 332 g/mol. The molecule has 0 aliphatic carbocycles. The number of carbonyl (C=O) groups is 1. The van der Waals surface area contributed by atoms with Gasteiger partial charge in [0.25, 0.3) is 5.91 Å². The molecule has 5 nitrogen and oxygen atoms in total. The van der Waals surface area contributed by atoms with Crippen molar-refractivity contribution in [1.29, 1.82) is 0 Å². The van der Waals surface area contributed by atoms with Crippen molar-refractivity contribution in [2.24, 2.45) is 0 Å². The normalized spacial score (nSPS) is 10.8. The summed E-state index contributed by atoms with van der Waals surface area (Å²) >= 11 is 3.36. The van der Waals surface area contributed by atoms with Crippen molar-refractivity contribution in [2.45, 2.75) is 13.5 Å². The Kier molecular flexibility index (Phi) is 3.70. The van der Waals surface area contributed by atoms with Crippen LogP contribution in [0.5, 0.6) is 0 Å². The van der Waals surface area contributed by atoms with E-state index in [0.29, 0.717) is 22.4 Å². The molecule has 0 unspecified atom stereocenters. The van der Waals surface area contributed by atoms with E-state index in [2.05, 4.69) is 31.3 Å². The highest BCUT2D eigenvalue weighted by Crippen LogP contribution is 2.23. The van der Waals surface area contributed by atoms with Gasteiger partial charge in [-0.1, -0.05) is 18.2 Å². The number of pyridine rings is 1. The van der Waals surface area contributed by atoms with Crippen molar-refractivity contribution < 1.29 is 4.79 Å². The minimum atomic E-state index is -0.209. The van der Waals surface area contributed by atoms with Gasteiger partial charge in [-0.2, -0.15) is 5.10 Å². The first-order valence-corrected chi connectivity index (χ1v) is 7.36. The third kappa shape index (κ3) is 2.54. The number of halogens is 1. The Hall–Kier alpha value is -2.21. The third-order valence-electron chi connectivity index (χ3n) is 3.19. The molecule has 3 aromatic rings. The van der Waals surface area contributed by atoms with Crippen LogP contribution in [0.4, 0.5) is 5.69 Å². The molecule has 0 radical (unpaired) electrons. The third-order valence-corrected chi connectivity index (χ3v) is 3.77. The van der Waals surface area contributed by atoms with Crippen molar-refractivity contribution in [2.75, 3.05) is 5.32 Å². The Morgan fingerprint density at radius 3 is 2.95 bits per heavy atom. The molecule has 0 saturated carbocycles. The maximum atomic E-state index is 12.5. The van der Waals surface area contributed by atoms with Crippen LogP contribution in [0.2, 0.25) is 0 Å². The molecule has 2 aromatic heterocycles. The second-order valence-electron chi connectivity index (χ2n) is 4.49. The van der Waals surface area contributed by atoms with Crippen molar-refractivity contribution in [3.8, 4) is 0 Å². The van der Waals surface area contributed by atoms with E-state index in [-0.39, 0.29) is 5.91 Å². The first-order chi connectivity index (χ1) is 10.2. The molecule has 1 aromatic carbocycles. The van der Waals surface area contributed by atoms with Gasteiger partial charge in [0.15, 0.2) is 0 Å². The van der Waals surface area contributed by atoms with Gasteiger partial charge in [-0.05, 0) is 35.0 Å². The van der Waals surface area contributed by atoms with Gasteiger partial charge in [-0.25, -0.2) is 0 Å². The minimum Gasteiger partial charge on any atom is -0.319 e. The first-order valence-electron chi connectivity index (χ1n) is 6.57. The van der Waals surface area contributed by atoms with Gasteiger partial charge in [-0.15, -0.1) is 0 Å². The smallest absolute Gasteiger partial charge is 0.275 e. The fraction of sp³-hybridized carbons (Fsp3) is 0.133. The van der Waals surface area contributed by atoms with E-state index in [0.717, 1.165) is 10.9 Å². The van der Waals surface area contributed by atoms with E-state index < -0.39 is 0 Å². The van der Waals surface area contributed by atoms with E-state index in [1.54, 1.807) is 17.1 Å². The fourth-order valence-electron chi connectivity index (χ4n) is 2.21. The van der Waals surface area contributed by atoms with Crippen LogP contribution in [-0.4, -0.2) is 20.7 Å². The fourth-order valence-corrected chi connectivity index (χ4v) is 2.69. The molecule has 21 heavy (non-hydrogen) atoms. The number of carbonyl (C=O) groups excluding carboxylic acids is 1. The number of aromatic nitrogens is 3. The predicted octanol–water partition coefficient (Wildman–Crippen LogP) is 3.47. The number of amides is 1. The van der Waals surface area contributed by atoms with Crippen LogP contribution in [0.25, 0.3) is 10.9 Å². The molecule has 6 heteroatoms. The van der Waals surface area contributed by atoms with E-state index in [1.807, 2.05) is 37.3 Å². The summed E-state index contributed by atoms with van der Waals surface area (Å²) in [4.78, 5) is 16.8. The highest BCUT2D eigenvalue weighted by atomic mass is 79.9. The lowest BCUT2D eigenvalue weighted by Gasteiger charge is -2.09. The highest BCUT2D eigenvalue weighted by Gasteiger charge is 2.17. The maximum absolute atomic E-state index is 12.5. The first kappa shape index (κ1) is 13.8. The number of anilines is 1. The summed E-state index contributed by atoms with van der Waals surface area (Å²) in [5.74, 6) is -0.209. The molecule has 0 bridgehead atoms. The van der Waals surface area contributed by atoms with E-state index in [4.69, 9.17) is 0 Å². The minimum absolute atomic E-state index is 0.209. The zero-order valence-corrected chi connectivity index (χ0v) is 13.0. The Labute approximate surface area is 130 Å². The van der Waals surface area contributed by atoms with Gasteiger partial charge in [-0.3, -0.25) is 14.5 Å². The lowest BCUT2D eigenvalue weighted by Crippen LogP contribution is -2.18. The summed E-state index contributed by atoms with van der Waals surface area (Å²) < 4.78 is 2.33. The quantitative estimate of drug-likeness (QED) is 0.791. The van der Waals surface area contributed by atoms with Crippen LogP contribution in [0.15, 0.2) is 47.2 Å². The van der Waals surface area contributed by atoms with Gasteiger partial charge in [0, 0.05) is 18.1 Å². The van der Waals surface area contributed by atoms with Gasteiger partial charge < -0.3 is 5.32 Å². The number of nitrogens with one attached hydrogen (secondary N) is 1. The molecule has 0 aliphatic rings. The zero-order chi connectivity index (χ0) is 14.8. The van der Waals surface area contributed by atoms with Crippen LogP contribution in [0, 0.1) is 0 Å². The summed E-state index contributed by atoms with van der Waals surface area (Å²) in [5.41, 5.74) is 1.96. The molecule has 0 fully saturated rings. The molecule has 0 saturated heterocycles. The van der Waals surface area contributed by atoms with E-state index in [1.165, 1.54) is 0 Å². The highest BCUT2D eigenvalue weighted by molar-refractivity contribution is 9.10. The summed E-state index contributed by atoms with van der Waals surface area (Å²) in [6.45, 7) is 2.57. The lowest BCUT2D eigenvalue weighted by atomic mass is 10.2. The average Bonchev–Trinajstić information content (AvgIpc) is 2.88. The standard InChI is InChI=1S/C15H13BrN4O/c1-2-20-14(11(16)9-18-20)15(21)19-12-7-3-5-10-6-4-8-17-13(10)12/h3-9H,2H2,1H3,(H,19,21). The van der Waals surface area contributed by atoms with Crippen LogP contribution in [-0.2, 0) is 6.54 Å². The van der Waals surface area contributed by atoms with Crippen molar-refractivity contribution >= 4 is 38.4 Å². The topological polar surface area (TPSA) is 59.8 Å². The number of nitrogens with zero attached hydrogens (tertiary/aromatic N) is 3. The molecule has 1 amide bonds. The van der Waals surface area contributed by atoms with Crippen LogP contribution >= 0.6 is 15.9 Å². The van der Waals surface area contributed by atoms with E-state index in [9.17, 15) is 4.79 Å². The second kappa shape index (κ2) is 5.65. The Balaban J connectivity index is 1.99. The van der Waals surface area contributed by atoms with Gasteiger partial charge in [0.05, 0.1) is 21.9 Å². The monoisotopic (exact) mass is 344 g/mol.